The lowest BCUT2D eigenvalue weighted by Gasteiger charge is -2.12. The van der Waals surface area contributed by atoms with Gasteiger partial charge in [-0.25, -0.2) is 13.8 Å². The number of hydrogen-bond acceptors (Lipinski definition) is 2. The number of hydrogen-bond donors (Lipinski definition) is 0. The number of nitrogens with zero attached hydrogens (tertiary/aromatic N) is 2. The second-order valence-electron chi connectivity index (χ2n) is 3.00. The van der Waals surface area contributed by atoms with Gasteiger partial charge in [0.05, 0.1) is 5.56 Å². The van der Waals surface area contributed by atoms with Gasteiger partial charge in [-0.3, -0.25) is 0 Å². The lowest BCUT2D eigenvalue weighted by Crippen LogP contribution is -2.13. The van der Waals surface area contributed by atoms with Crippen LogP contribution in [0.15, 0.2) is 6.07 Å². The summed E-state index contributed by atoms with van der Waals surface area (Å²) in [5.41, 5.74) is -3.56. The van der Waals surface area contributed by atoms with Gasteiger partial charge >= 0.3 is 6.18 Å². The van der Waals surface area contributed by atoms with E-state index in [0.717, 1.165) is 6.92 Å². The van der Waals surface area contributed by atoms with Gasteiger partial charge < -0.3 is 0 Å². The maximum atomic E-state index is 12.5. The molecule has 0 bridgehead atoms. The van der Waals surface area contributed by atoms with Crippen LogP contribution < -0.4 is 0 Å². The molecular weight excluding hydrogens is 231 g/mol. The van der Waals surface area contributed by atoms with Gasteiger partial charge in [0, 0.05) is 0 Å². The molecule has 0 aromatic carbocycles. The van der Waals surface area contributed by atoms with E-state index in [-0.39, 0.29) is 0 Å². The highest BCUT2D eigenvalue weighted by molar-refractivity contribution is 5.41. The van der Waals surface area contributed by atoms with Gasteiger partial charge in [-0.05, 0) is 18.6 Å². The molecule has 1 rings (SSSR count). The quantitative estimate of drug-likeness (QED) is 0.702. The van der Waals surface area contributed by atoms with E-state index in [2.05, 4.69) is 4.98 Å². The van der Waals surface area contributed by atoms with E-state index in [9.17, 15) is 22.0 Å². The summed E-state index contributed by atoms with van der Waals surface area (Å²) in [4.78, 5) is 2.99. The summed E-state index contributed by atoms with van der Waals surface area (Å²) in [5, 5.41) is 8.46. The first kappa shape index (κ1) is 12.4. The molecule has 1 heterocycles. The summed E-state index contributed by atoms with van der Waals surface area (Å²) in [7, 11) is 0. The Morgan fingerprint density at radius 3 is 2.31 bits per heavy atom. The fourth-order valence-corrected chi connectivity index (χ4v) is 1.25. The van der Waals surface area contributed by atoms with Crippen LogP contribution in [0.4, 0.5) is 22.0 Å². The van der Waals surface area contributed by atoms with E-state index in [0.29, 0.717) is 6.07 Å². The normalized spacial score (nSPS) is 11.6. The van der Waals surface area contributed by atoms with Crippen LogP contribution in [-0.2, 0) is 6.18 Å². The first-order valence-corrected chi connectivity index (χ1v) is 4.04. The lowest BCUT2D eigenvalue weighted by molar-refractivity contribution is -0.138. The van der Waals surface area contributed by atoms with E-state index >= 15 is 0 Å². The smallest absolute Gasteiger partial charge is 0.235 e. The van der Waals surface area contributed by atoms with Gasteiger partial charge in [-0.1, -0.05) is 0 Å². The van der Waals surface area contributed by atoms with Gasteiger partial charge in [0.1, 0.15) is 11.8 Å². The summed E-state index contributed by atoms with van der Waals surface area (Å²) in [6.07, 6.45) is -7.78. The van der Waals surface area contributed by atoms with Gasteiger partial charge in [0.25, 0.3) is 6.43 Å². The summed E-state index contributed by atoms with van der Waals surface area (Å²) < 4.78 is 61.8. The van der Waals surface area contributed by atoms with Crippen molar-refractivity contribution in [2.75, 3.05) is 0 Å². The van der Waals surface area contributed by atoms with E-state index in [1.165, 1.54) is 6.07 Å². The number of alkyl halides is 5. The van der Waals surface area contributed by atoms with Crippen LogP contribution in [-0.4, -0.2) is 4.98 Å². The maximum Gasteiger partial charge on any atom is 0.419 e. The molecular formula is C9H5F5N2. The molecule has 0 aliphatic heterocycles. The van der Waals surface area contributed by atoms with Crippen LogP contribution in [0.1, 0.15) is 28.9 Å². The molecule has 0 radical (unpaired) electrons. The molecule has 0 amide bonds. The van der Waals surface area contributed by atoms with Gasteiger partial charge in [-0.15, -0.1) is 0 Å². The minimum Gasteiger partial charge on any atom is -0.235 e. The summed E-state index contributed by atoms with van der Waals surface area (Å²) in [6, 6.07) is 1.81. The van der Waals surface area contributed by atoms with E-state index in [4.69, 9.17) is 5.26 Å². The molecule has 2 nitrogen and oxygen atoms in total. The standard InChI is InChI=1S/C9H5F5N2/c1-4-2-5(8(10)11)16-6(3-15)7(4)9(12,13)14/h2,8H,1H3. The van der Waals surface area contributed by atoms with E-state index in [1.54, 1.807) is 0 Å². The zero-order valence-electron chi connectivity index (χ0n) is 7.94. The molecule has 1 aromatic rings. The third kappa shape index (κ3) is 2.27. The Bertz CT molecular complexity index is 444. The molecule has 1 aromatic heterocycles. The zero-order chi connectivity index (χ0) is 12.5. The predicted octanol–water partition coefficient (Wildman–Crippen LogP) is 3.22. The van der Waals surface area contributed by atoms with Crippen molar-refractivity contribution in [2.24, 2.45) is 0 Å². The Kier molecular flexibility index (Phi) is 3.12. The number of nitriles is 1. The molecule has 7 heteroatoms. The van der Waals surface area contributed by atoms with Crippen LogP contribution in [0.2, 0.25) is 0 Å². The molecule has 0 aliphatic rings. The van der Waals surface area contributed by atoms with Crippen molar-refractivity contribution in [2.45, 2.75) is 19.5 Å². The topological polar surface area (TPSA) is 36.7 Å². The Morgan fingerprint density at radius 2 is 1.94 bits per heavy atom. The molecule has 0 atom stereocenters. The molecule has 0 saturated carbocycles. The molecule has 0 aliphatic carbocycles. The van der Waals surface area contributed by atoms with E-state index in [1.807, 2.05) is 0 Å². The number of rotatable bonds is 1. The predicted molar refractivity (Wildman–Crippen MR) is 43.6 cm³/mol. The molecule has 0 fully saturated rings. The Balaban J connectivity index is 3.49. The fourth-order valence-electron chi connectivity index (χ4n) is 1.25. The van der Waals surface area contributed by atoms with Crippen molar-refractivity contribution in [3.8, 4) is 6.07 Å². The molecule has 0 saturated heterocycles. The third-order valence-corrected chi connectivity index (χ3v) is 1.85. The van der Waals surface area contributed by atoms with Crippen molar-refractivity contribution in [1.29, 1.82) is 5.26 Å². The average Bonchev–Trinajstić information content (AvgIpc) is 2.14. The Morgan fingerprint density at radius 1 is 1.38 bits per heavy atom. The highest BCUT2D eigenvalue weighted by Gasteiger charge is 2.37. The van der Waals surface area contributed by atoms with Gasteiger partial charge in [0.2, 0.25) is 0 Å². The number of halogens is 5. The molecule has 0 unspecified atom stereocenters. The second kappa shape index (κ2) is 4.04. The van der Waals surface area contributed by atoms with Crippen molar-refractivity contribution in [3.05, 3.63) is 28.6 Å². The fraction of sp³-hybridized carbons (Fsp3) is 0.333. The van der Waals surface area contributed by atoms with Crippen LogP contribution in [0.3, 0.4) is 0 Å². The highest BCUT2D eigenvalue weighted by Crippen LogP contribution is 2.34. The largest absolute Gasteiger partial charge is 0.419 e. The Labute approximate surface area is 87.3 Å². The van der Waals surface area contributed by atoms with E-state index < -0.39 is 35.1 Å². The highest BCUT2D eigenvalue weighted by atomic mass is 19.4. The minimum atomic E-state index is -4.78. The van der Waals surface area contributed by atoms with Gasteiger partial charge in [0.15, 0.2) is 5.69 Å². The number of aromatic nitrogens is 1. The van der Waals surface area contributed by atoms with Crippen molar-refractivity contribution < 1.29 is 22.0 Å². The van der Waals surface area contributed by atoms with Crippen molar-refractivity contribution in [1.82, 2.24) is 4.98 Å². The lowest BCUT2D eigenvalue weighted by atomic mass is 10.1. The monoisotopic (exact) mass is 236 g/mol. The minimum absolute atomic E-state index is 0.436. The number of pyridine rings is 1. The van der Waals surface area contributed by atoms with Crippen LogP contribution >= 0.6 is 0 Å². The van der Waals surface area contributed by atoms with Crippen LogP contribution in [0, 0.1) is 18.3 Å². The summed E-state index contributed by atoms with van der Waals surface area (Å²) in [6.45, 7) is 1.01. The first-order valence-electron chi connectivity index (χ1n) is 4.04. The van der Waals surface area contributed by atoms with Crippen LogP contribution in [0.25, 0.3) is 0 Å². The summed E-state index contributed by atoms with van der Waals surface area (Å²) >= 11 is 0. The van der Waals surface area contributed by atoms with Crippen molar-refractivity contribution >= 4 is 0 Å². The third-order valence-electron chi connectivity index (χ3n) is 1.85. The van der Waals surface area contributed by atoms with Crippen molar-refractivity contribution in [3.63, 3.8) is 0 Å². The molecule has 0 spiro atoms. The molecule has 16 heavy (non-hydrogen) atoms. The van der Waals surface area contributed by atoms with Gasteiger partial charge in [-0.2, -0.15) is 18.4 Å². The zero-order valence-corrected chi connectivity index (χ0v) is 7.94. The summed E-state index contributed by atoms with van der Waals surface area (Å²) in [5.74, 6) is 0. The van der Waals surface area contributed by atoms with Crippen LogP contribution in [0.5, 0.6) is 0 Å². The Hall–Kier alpha value is -1.71. The number of aryl methyl sites for hydroxylation is 1. The SMILES string of the molecule is Cc1cc(C(F)F)nc(C#N)c1C(F)(F)F. The molecule has 0 N–H and O–H groups in total. The maximum absolute atomic E-state index is 12.5. The second-order valence-corrected chi connectivity index (χ2v) is 3.00. The average molecular weight is 236 g/mol. The molecule has 86 valence electrons. The first-order chi connectivity index (χ1) is 7.27.